The molecule has 0 saturated carbocycles. The zero-order valence-electron chi connectivity index (χ0n) is 16.6. The molecule has 0 radical (unpaired) electrons. The van der Waals surface area contributed by atoms with E-state index in [1.54, 1.807) is 12.1 Å². The SMILES string of the molecule is C=CCc1cn(CCC)c2ccc(-c3ccc(Oc4ccc(F)cc4)cc3)cc12. The zero-order chi connectivity index (χ0) is 20.2. The van der Waals surface area contributed by atoms with Crippen LogP contribution in [-0.2, 0) is 13.0 Å². The molecule has 0 bridgehead atoms. The Morgan fingerprint density at radius 1 is 0.931 bits per heavy atom. The van der Waals surface area contributed by atoms with Crippen molar-refractivity contribution in [3.8, 4) is 22.6 Å². The molecule has 4 aromatic rings. The van der Waals surface area contributed by atoms with Crippen LogP contribution in [0.25, 0.3) is 22.0 Å². The van der Waals surface area contributed by atoms with Crippen LogP contribution < -0.4 is 4.74 Å². The number of allylic oxidation sites excluding steroid dienone is 1. The number of ether oxygens (including phenoxy) is 1. The summed E-state index contributed by atoms with van der Waals surface area (Å²) in [6.45, 7) is 7.12. The van der Waals surface area contributed by atoms with Gasteiger partial charge in [0.2, 0.25) is 0 Å². The lowest BCUT2D eigenvalue weighted by molar-refractivity contribution is 0.480. The molecule has 3 aromatic carbocycles. The number of hydrogen-bond donors (Lipinski definition) is 0. The molecule has 0 amide bonds. The summed E-state index contributed by atoms with van der Waals surface area (Å²) in [6, 6.07) is 20.7. The number of aryl methyl sites for hydroxylation is 1. The Morgan fingerprint density at radius 2 is 1.59 bits per heavy atom. The molecule has 0 N–H and O–H groups in total. The van der Waals surface area contributed by atoms with Gasteiger partial charge in [-0.1, -0.05) is 31.2 Å². The summed E-state index contributed by atoms with van der Waals surface area (Å²) in [4.78, 5) is 0. The number of halogens is 1. The van der Waals surface area contributed by atoms with Crippen LogP contribution in [-0.4, -0.2) is 4.57 Å². The molecule has 0 saturated heterocycles. The molecule has 0 aliphatic carbocycles. The highest BCUT2D eigenvalue weighted by atomic mass is 19.1. The Bertz CT molecular complexity index is 1120. The van der Waals surface area contributed by atoms with E-state index in [2.05, 4.69) is 54.6 Å². The van der Waals surface area contributed by atoms with Crippen molar-refractivity contribution in [2.45, 2.75) is 26.3 Å². The van der Waals surface area contributed by atoms with Gasteiger partial charge in [0.15, 0.2) is 0 Å². The second-order valence-electron chi connectivity index (χ2n) is 7.15. The number of aromatic nitrogens is 1. The first kappa shape index (κ1) is 19.0. The lowest BCUT2D eigenvalue weighted by atomic mass is 10.0. The van der Waals surface area contributed by atoms with Crippen LogP contribution >= 0.6 is 0 Å². The Kier molecular flexibility index (Phi) is 5.48. The van der Waals surface area contributed by atoms with Gasteiger partial charge in [-0.25, -0.2) is 4.39 Å². The first-order valence-corrected chi connectivity index (χ1v) is 9.94. The second kappa shape index (κ2) is 8.36. The lowest BCUT2D eigenvalue weighted by Gasteiger charge is -2.08. The molecule has 1 heterocycles. The van der Waals surface area contributed by atoms with Crippen LogP contribution in [0.2, 0.25) is 0 Å². The van der Waals surface area contributed by atoms with E-state index in [9.17, 15) is 4.39 Å². The van der Waals surface area contributed by atoms with Gasteiger partial charge < -0.3 is 9.30 Å². The highest BCUT2D eigenvalue weighted by Gasteiger charge is 2.09. The van der Waals surface area contributed by atoms with E-state index in [1.807, 2.05) is 18.2 Å². The third-order valence-electron chi connectivity index (χ3n) is 5.03. The van der Waals surface area contributed by atoms with Crippen molar-refractivity contribution in [3.63, 3.8) is 0 Å². The molecule has 2 nitrogen and oxygen atoms in total. The fraction of sp³-hybridized carbons (Fsp3) is 0.154. The summed E-state index contributed by atoms with van der Waals surface area (Å²) in [5, 5.41) is 1.28. The Hall–Kier alpha value is -3.33. The number of hydrogen-bond acceptors (Lipinski definition) is 1. The van der Waals surface area contributed by atoms with Gasteiger partial charge in [-0.05, 0) is 78.1 Å². The van der Waals surface area contributed by atoms with E-state index in [4.69, 9.17) is 4.74 Å². The molecular formula is C26H24FNO. The van der Waals surface area contributed by atoms with E-state index in [1.165, 1.54) is 34.2 Å². The monoisotopic (exact) mass is 385 g/mol. The van der Waals surface area contributed by atoms with E-state index >= 15 is 0 Å². The smallest absolute Gasteiger partial charge is 0.127 e. The van der Waals surface area contributed by atoms with Crippen LogP contribution in [0.5, 0.6) is 11.5 Å². The molecule has 0 aliphatic heterocycles. The van der Waals surface area contributed by atoms with Gasteiger partial charge >= 0.3 is 0 Å². The van der Waals surface area contributed by atoms with Crippen molar-refractivity contribution >= 4 is 10.9 Å². The van der Waals surface area contributed by atoms with E-state index < -0.39 is 0 Å². The number of nitrogens with zero attached hydrogens (tertiary/aromatic N) is 1. The molecule has 0 unspecified atom stereocenters. The van der Waals surface area contributed by atoms with Crippen molar-refractivity contribution in [3.05, 3.63) is 97.0 Å². The number of benzene rings is 3. The molecule has 4 rings (SSSR count). The first-order chi connectivity index (χ1) is 14.2. The maximum absolute atomic E-state index is 13.0. The third-order valence-corrected chi connectivity index (χ3v) is 5.03. The van der Waals surface area contributed by atoms with E-state index in [-0.39, 0.29) is 5.82 Å². The minimum absolute atomic E-state index is 0.272. The number of fused-ring (bicyclic) bond motifs is 1. The zero-order valence-corrected chi connectivity index (χ0v) is 16.6. The quantitative estimate of drug-likeness (QED) is 0.303. The Morgan fingerprint density at radius 3 is 2.24 bits per heavy atom. The second-order valence-corrected chi connectivity index (χ2v) is 7.15. The maximum Gasteiger partial charge on any atom is 0.127 e. The Balaban J connectivity index is 1.62. The topological polar surface area (TPSA) is 14.2 Å². The van der Waals surface area contributed by atoms with Crippen LogP contribution in [0.3, 0.4) is 0 Å². The van der Waals surface area contributed by atoms with Gasteiger partial charge in [-0.3, -0.25) is 0 Å². The molecular weight excluding hydrogens is 361 g/mol. The van der Waals surface area contributed by atoms with E-state index in [0.29, 0.717) is 5.75 Å². The normalized spacial score (nSPS) is 11.0. The fourth-order valence-electron chi connectivity index (χ4n) is 3.65. The first-order valence-electron chi connectivity index (χ1n) is 9.94. The summed E-state index contributed by atoms with van der Waals surface area (Å²) in [6.07, 6.45) is 6.17. The molecule has 29 heavy (non-hydrogen) atoms. The summed E-state index contributed by atoms with van der Waals surface area (Å²) in [5.74, 6) is 1.07. The predicted octanol–water partition coefficient (Wildman–Crippen LogP) is 7.38. The van der Waals surface area contributed by atoms with Crippen LogP contribution in [0.1, 0.15) is 18.9 Å². The lowest BCUT2D eigenvalue weighted by Crippen LogP contribution is -1.93. The molecule has 0 aliphatic rings. The summed E-state index contributed by atoms with van der Waals surface area (Å²) in [7, 11) is 0. The highest BCUT2D eigenvalue weighted by molar-refractivity contribution is 5.89. The van der Waals surface area contributed by atoms with Gasteiger partial charge in [-0.15, -0.1) is 6.58 Å². The van der Waals surface area contributed by atoms with Crippen LogP contribution in [0.4, 0.5) is 4.39 Å². The summed E-state index contributed by atoms with van der Waals surface area (Å²) in [5.41, 5.74) is 4.88. The van der Waals surface area contributed by atoms with Crippen molar-refractivity contribution in [1.29, 1.82) is 0 Å². The molecule has 0 fully saturated rings. The molecule has 0 spiro atoms. The molecule has 0 atom stereocenters. The van der Waals surface area contributed by atoms with Gasteiger partial charge in [0.05, 0.1) is 0 Å². The molecule has 3 heteroatoms. The van der Waals surface area contributed by atoms with Crippen LogP contribution in [0.15, 0.2) is 85.6 Å². The van der Waals surface area contributed by atoms with Gasteiger partial charge in [0, 0.05) is 23.6 Å². The minimum atomic E-state index is -0.272. The maximum atomic E-state index is 13.0. The van der Waals surface area contributed by atoms with Crippen molar-refractivity contribution < 1.29 is 9.13 Å². The standard InChI is InChI=1S/C26H24FNO/c1-3-5-21-18-28(16-4-2)26-15-8-20(17-25(21)26)19-6-11-23(12-7-19)29-24-13-9-22(27)10-14-24/h3,6-15,17-18H,1,4-5,16H2,2H3. The van der Waals surface area contributed by atoms with Gasteiger partial charge in [-0.2, -0.15) is 0 Å². The minimum Gasteiger partial charge on any atom is -0.457 e. The van der Waals surface area contributed by atoms with Crippen molar-refractivity contribution in [1.82, 2.24) is 4.57 Å². The van der Waals surface area contributed by atoms with Crippen molar-refractivity contribution in [2.24, 2.45) is 0 Å². The average Bonchev–Trinajstić information content (AvgIpc) is 3.08. The van der Waals surface area contributed by atoms with Crippen molar-refractivity contribution in [2.75, 3.05) is 0 Å². The van der Waals surface area contributed by atoms with E-state index in [0.717, 1.165) is 30.7 Å². The summed E-state index contributed by atoms with van der Waals surface area (Å²) >= 11 is 0. The van der Waals surface area contributed by atoms with Gasteiger partial charge in [0.1, 0.15) is 17.3 Å². The average molecular weight is 385 g/mol. The number of rotatable bonds is 7. The third kappa shape index (κ3) is 4.09. The fourth-order valence-corrected chi connectivity index (χ4v) is 3.65. The largest absolute Gasteiger partial charge is 0.457 e. The predicted molar refractivity (Wildman–Crippen MR) is 118 cm³/mol. The highest BCUT2D eigenvalue weighted by Crippen LogP contribution is 2.30. The molecule has 1 aromatic heterocycles. The molecule has 146 valence electrons. The van der Waals surface area contributed by atoms with Crippen LogP contribution in [0, 0.1) is 5.82 Å². The Labute approximate surface area is 170 Å². The van der Waals surface area contributed by atoms with Gasteiger partial charge in [0.25, 0.3) is 0 Å². The summed E-state index contributed by atoms with van der Waals surface area (Å²) < 4.78 is 21.2.